The molecule has 0 aromatic heterocycles. The van der Waals surface area contributed by atoms with E-state index in [4.69, 9.17) is 0 Å². The van der Waals surface area contributed by atoms with Crippen LogP contribution in [0, 0.1) is 0 Å². The highest BCUT2D eigenvalue weighted by Crippen LogP contribution is 2.16. The molecule has 0 heterocycles. The second kappa shape index (κ2) is 35.5. The zero-order valence-electron chi connectivity index (χ0n) is 31.6. The Morgan fingerprint density at radius 3 is 1.17 bits per heavy atom. The summed E-state index contributed by atoms with van der Waals surface area (Å²) < 4.78 is 0. The predicted octanol–water partition coefficient (Wildman–Crippen LogP) is 15.2. The van der Waals surface area contributed by atoms with E-state index in [-0.39, 0.29) is 6.03 Å². The smallest absolute Gasteiger partial charge is 0.321 e. The van der Waals surface area contributed by atoms with E-state index >= 15 is 0 Å². The van der Waals surface area contributed by atoms with Crippen LogP contribution in [-0.4, -0.2) is 24.0 Å². The lowest BCUT2D eigenvalue weighted by molar-refractivity contribution is 0.209. The molecule has 0 spiro atoms. The number of rotatable bonds is 36. The minimum Gasteiger partial charge on any atom is -0.325 e. The summed E-state index contributed by atoms with van der Waals surface area (Å²) in [4.78, 5) is 15.2. The van der Waals surface area contributed by atoms with E-state index in [0.29, 0.717) is 0 Å². The summed E-state index contributed by atoms with van der Waals surface area (Å²) in [6, 6.07) is 10.0. The van der Waals surface area contributed by atoms with E-state index in [2.05, 4.69) is 23.7 Å². The standard InChI is InChI=1S/C44H80N2O/c1-3-5-7-9-11-13-15-17-19-21-23-25-27-29-31-33-38-42-46(44(47)45-43-39-35-34-36-40-43)41-37-32-30-28-26-24-22-20-18-16-14-12-10-8-6-4-2/h3,34-36,39-40H,1,4-33,37-38,41-42H2,2H3,(H,45,47). The molecule has 0 aliphatic heterocycles. The van der Waals surface area contributed by atoms with Gasteiger partial charge in [-0.15, -0.1) is 6.58 Å². The average Bonchev–Trinajstić information content (AvgIpc) is 3.08. The summed E-state index contributed by atoms with van der Waals surface area (Å²) >= 11 is 0. The Balaban J connectivity index is 2.06. The topological polar surface area (TPSA) is 32.3 Å². The summed E-state index contributed by atoms with van der Waals surface area (Å²) in [6.07, 6.45) is 45.7. The number of carbonyl (C=O) groups is 1. The predicted molar refractivity (Wildman–Crippen MR) is 211 cm³/mol. The highest BCUT2D eigenvalue weighted by Gasteiger charge is 2.13. The molecule has 0 atom stereocenters. The zero-order chi connectivity index (χ0) is 33.7. The molecule has 0 saturated heterocycles. The van der Waals surface area contributed by atoms with Gasteiger partial charge in [-0.1, -0.05) is 211 Å². The van der Waals surface area contributed by atoms with E-state index in [1.54, 1.807) is 0 Å². The molecule has 0 aliphatic carbocycles. The zero-order valence-corrected chi connectivity index (χ0v) is 31.6. The number of allylic oxidation sites excluding steroid dienone is 1. The van der Waals surface area contributed by atoms with Crippen LogP contribution in [0.4, 0.5) is 10.5 Å². The number of hydrogen-bond acceptors (Lipinski definition) is 1. The molecule has 1 aromatic rings. The third-order valence-corrected chi connectivity index (χ3v) is 9.93. The maximum absolute atomic E-state index is 13.1. The first-order valence-corrected chi connectivity index (χ1v) is 21.0. The third kappa shape index (κ3) is 30.1. The second-order valence-electron chi connectivity index (χ2n) is 14.5. The van der Waals surface area contributed by atoms with Gasteiger partial charge >= 0.3 is 6.03 Å². The Morgan fingerprint density at radius 1 is 0.511 bits per heavy atom. The van der Waals surface area contributed by atoms with Crippen LogP contribution in [0.5, 0.6) is 0 Å². The summed E-state index contributed by atoms with van der Waals surface area (Å²) in [5, 5.41) is 3.14. The number of nitrogens with one attached hydrogen (secondary N) is 1. The van der Waals surface area contributed by atoms with E-state index in [1.807, 2.05) is 36.4 Å². The highest BCUT2D eigenvalue weighted by molar-refractivity contribution is 5.89. The molecule has 47 heavy (non-hydrogen) atoms. The van der Waals surface area contributed by atoms with Crippen molar-refractivity contribution in [3.8, 4) is 0 Å². The molecular weight excluding hydrogens is 572 g/mol. The minimum atomic E-state index is 0.0739. The van der Waals surface area contributed by atoms with Crippen LogP contribution in [0.15, 0.2) is 43.0 Å². The van der Waals surface area contributed by atoms with Gasteiger partial charge in [0.1, 0.15) is 0 Å². The van der Waals surface area contributed by atoms with Crippen LogP contribution in [-0.2, 0) is 0 Å². The number of urea groups is 1. The Bertz CT molecular complexity index is 778. The number of amides is 2. The number of hydrogen-bond donors (Lipinski definition) is 1. The quantitative estimate of drug-likeness (QED) is 0.0568. The van der Waals surface area contributed by atoms with Crippen LogP contribution >= 0.6 is 0 Å². The van der Waals surface area contributed by atoms with Gasteiger partial charge in [0.2, 0.25) is 0 Å². The van der Waals surface area contributed by atoms with Crippen molar-refractivity contribution in [3.05, 3.63) is 43.0 Å². The Kier molecular flexibility index (Phi) is 32.7. The maximum atomic E-state index is 13.1. The van der Waals surface area contributed by atoms with E-state index in [9.17, 15) is 4.79 Å². The van der Waals surface area contributed by atoms with Gasteiger partial charge in [-0.3, -0.25) is 0 Å². The third-order valence-electron chi connectivity index (χ3n) is 9.93. The van der Waals surface area contributed by atoms with Crippen molar-refractivity contribution >= 4 is 11.7 Å². The number of carbonyl (C=O) groups excluding carboxylic acids is 1. The molecule has 3 heteroatoms. The van der Waals surface area contributed by atoms with Gasteiger partial charge in [-0.2, -0.15) is 0 Å². The number of nitrogens with zero attached hydrogens (tertiary/aromatic N) is 1. The normalized spacial score (nSPS) is 11.2. The average molecular weight is 653 g/mol. The van der Waals surface area contributed by atoms with Gasteiger partial charge in [0.25, 0.3) is 0 Å². The van der Waals surface area contributed by atoms with Crippen molar-refractivity contribution in [2.24, 2.45) is 0 Å². The number of unbranched alkanes of at least 4 members (excludes halogenated alkanes) is 30. The monoisotopic (exact) mass is 653 g/mol. The van der Waals surface area contributed by atoms with Gasteiger partial charge in [-0.05, 0) is 37.8 Å². The lowest BCUT2D eigenvalue weighted by Crippen LogP contribution is -2.36. The van der Waals surface area contributed by atoms with Crippen molar-refractivity contribution in [2.45, 2.75) is 212 Å². The van der Waals surface area contributed by atoms with E-state index < -0.39 is 0 Å². The number of para-hydroxylation sites is 1. The lowest BCUT2D eigenvalue weighted by atomic mass is 10.0. The molecular formula is C44H80N2O. The van der Waals surface area contributed by atoms with Crippen molar-refractivity contribution in [1.82, 2.24) is 4.90 Å². The molecule has 2 amide bonds. The first-order valence-electron chi connectivity index (χ1n) is 21.0. The molecule has 1 N–H and O–H groups in total. The number of anilines is 1. The van der Waals surface area contributed by atoms with Gasteiger partial charge in [0, 0.05) is 18.8 Å². The van der Waals surface area contributed by atoms with Crippen LogP contribution in [0.1, 0.15) is 212 Å². The highest BCUT2D eigenvalue weighted by atomic mass is 16.2. The second-order valence-corrected chi connectivity index (χ2v) is 14.5. The fraction of sp³-hybridized carbons (Fsp3) is 0.795. The van der Waals surface area contributed by atoms with Crippen molar-refractivity contribution in [1.29, 1.82) is 0 Å². The summed E-state index contributed by atoms with van der Waals surface area (Å²) in [5.74, 6) is 0. The van der Waals surface area contributed by atoms with Gasteiger partial charge in [0.05, 0.1) is 0 Å². The van der Waals surface area contributed by atoms with Crippen molar-refractivity contribution < 1.29 is 4.79 Å². The van der Waals surface area contributed by atoms with Crippen LogP contribution in [0.3, 0.4) is 0 Å². The summed E-state index contributed by atoms with van der Waals surface area (Å²) in [5.41, 5.74) is 0.897. The van der Waals surface area contributed by atoms with E-state index in [0.717, 1.165) is 31.6 Å². The Hall–Kier alpha value is -1.77. The molecule has 0 aliphatic rings. The molecule has 0 unspecified atom stereocenters. The molecule has 0 saturated carbocycles. The molecule has 1 rings (SSSR count). The van der Waals surface area contributed by atoms with Crippen LogP contribution < -0.4 is 5.32 Å². The molecule has 0 bridgehead atoms. The van der Waals surface area contributed by atoms with Gasteiger partial charge < -0.3 is 10.2 Å². The SMILES string of the molecule is C=CCCCCCCCCCCCCCCCCCN(CCCCCCCCCCCCCCCCCC)C(=O)Nc1ccccc1. The first-order chi connectivity index (χ1) is 23.3. The van der Waals surface area contributed by atoms with Crippen molar-refractivity contribution in [3.63, 3.8) is 0 Å². The molecule has 0 fully saturated rings. The Labute approximate surface area is 294 Å². The molecule has 0 radical (unpaired) electrons. The lowest BCUT2D eigenvalue weighted by Gasteiger charge is -2.23. The van der Waals surface area contributed by atoms with Crippen LogP contribution in [0.2, 0.25) is 0 Å². The fourth-order valence-electron chi connectivity index (χ4n) is 6.78. The van der Waals surface area contributed by atoms with Gasteiger partial charge in [-0.25, -0.2) is 4.79 Å². The maximum Gasteiger partial charge on any atom is 0.321 e. The fourth-order valence-corrected chi connectivity index (χ4v) is 6.78. The van der Waals surface area contributed by atoms with Crippen molar-refractivity contribution in [2.75, 3.05) is 18.4 Å². The van der Waals surface area contributed by atoms with E-state index in [1.165, 1.54) is 193 Å². The summed E-state index contributed by atoms with van der Waals surface area (Å²) in [7, 11) is 0. The van der Waals surface area contributed by atoms with Crippen LogP contribution in [0.25, 0.3) is 0 Å². The Morgan fingerprint density at radius 2 is 0.830 bits per heavy atom. The first kappa shape index (κ1) is 43.3. The molecule has 272 valence electrons. The minimum absolute atomic E-state index is 0.0739. The molecule has 3 nitrogen and oxygen atoms in total. The number of benzene rings is 1. The summed E-state index contributed by atoms with van der Waals surface area (Å²) in [6.45, 7) is 7.87. The largest absolute Gasteiger partial charge is 0.325 e. The van der Waals surface area contributed by atoms with Gasteiger partial charge in [0.15, 0.2) is 0 Å². The molecule has 1 aromatic carbocycles.